The minimum absolute atomic E-state index is 0.254. The van der Waals surface area contributed by atoms with Crippen molar-refractivity contribution >= 4 is 11.6 Å². The van der Waals surface area contributed by atoms with Crippen LogP contribution >= 0.6 is 11.6 Å². The summed E-state index contributed by atoms with van der Waals surface area (Å²) in [5.74, 6) is -0.297. The number of aliphatic hydroxyl groups excluding tert-OH is 1. The van der Waals surface area contributed by atoms with Crippen molar-refractivity contribution in [1.29, 1.82) is 0 Å². The molecule has 106 valence electrons. The molecule has 20 heavy (non-hydrogen) atoms. The van der Waals surface area contributed by atoms with Crippen LogP contribution in [0, 0.1) is 0 Å². The topological polar surface area (TPSA) is 29.5 Å². The first-order valence-corrected chi connectivity index (χ1v) is 6.03. The molecular formula is C14H10ClF3O2. The molecule has 0 saturated carbocycles. The summed E-state index contributed by atoms with van der Waals surface area (Å²) < 4.78 is 40.0. The number of aliphatic hydroxyl groups is 1. The van der Waals surface area contributed by atoms with E-state index in [1.807, 2.05) is 0 Å². The van der Waals surface area contributed by atoms with Gasteiger partial charge in [0.25, 0.3) is 0 Å². The van der Waals surface area contributed by atoms with Crippen LogP contribution in [0.15, 0.2) is 42.5 Å². The van der Waals surface area contributed by atoms with Gasteiger partial charge in [-0.15, -0.1) is 13.2 Å². The molecular weight excluding hydrogens is 293 g/mol. The van der Waals surface area contributed by atoms with Crippen LogP contribution in [-0.2, 0) is 6.61 Å². The van der Waals surface area contributed by atoms with Gasteiger partial charge in [-0.3, -0.25) is 0 Å². The standard InChI is InChI=1S/C14H10ClF3O2/c15-13-3-1-2-11(12(13)8-19)9-4-6-10(7-5-9)20-14(16,17)18/h1-7,19H,8H2. The predicted molar refractivity (Wildman–Crippen MR) is 69.5 cm³/mol. The second kappa shape index (κ2) is 5.73. The van der Waals surface area contributed by atoms with Crippen LogP contribution in [0.3, 0.4) is 0 Å². The Kier molecular flexibility index (Phi) is 4.20. The molecule has 0 bridgehead atoms. The Labute approximate surface area is 118 Å². The Bertz CT molecular complexity index is 594. The van der Waals surface area contributed by atoms with Crippen molar-refractivity contribution in [2.45, 2.75) is 13.0 Å². The molecule has 2 nitrogen and oxygen atoms in total. The molecule has 0 heterocycles. The second-order valence-electron chi connectivity index (χ2n) is 4.00. The summed E-state index contributed by atoms with van der Waals surface area (Å²) in [5.41, 5.74) is 1.84. The number of hydrogen-bond donors (Lipinski definition) is 1. The Morgan fingerprint density at radius 2 is 1.70 bits per heavy atom. The van der Waals surface area contributed by atoms with E-state index in [1.165, 1.54) is 24.3 Å². The zero-order valence-corrected chi connectivity index (χ0v) is 10.9. The first-order valence-electron chi connectivity index (χ1n) is 5.65. The van der Waals surface area contributed by atoms with Crippen LogP contribution in [0.4, 0.5) is 13.2 Å². The molecule has 0 aromatic heterocycles. The van der Waals surface area contributed by atoms with E-state index in [-0.39, 0.29) is 12.4 Å². The van der Waals surface area contributed by atoms with E-state index in [1.54, 1.807) is 18.2 Å². The molecule has 0 fully saturated rings. The summed E-state index contributed by atoms with van der Waals surface area (Å²) in [6.07, 6.45) is -4.71. The van der Waals surface area contributed by atoms with Gasteiger partial charge < -0.3 is 9.84 Å². The fourth-order valence-corrected chi connectivity index (χ4v) is 2.06. The van der Waals surface area contributed by atoms with Gasteiger partial charge in [-0.2, -0.15) is 0 Å². The number of rotatable bonds is 3. The minimum Gasteiger partial charge on any atom is -0.406 e. The summed E-state index contributed by atoms with van der Waals surface area (Å²) in [4.78, 5) is 0. The van der Waals surface area contributed by atoms with Crippen molar-refractivity contribution in [2.24, 2.45) is 0 Å². The van der Waals surface area contributed by atoms with Crippen molar-refractivity contribution in [3.8, 4) is 16.9 Å². The van der Waals surface area contributed by atoms with Gasteiger partial charge in [0, 0.05) is 10.6 Å². The third kappa shape index (κ3) is 3.43. The van der Waals surface area contributed by atoms with E-state index in [4.69, 9.17) is 11.6 Å². The van der Waals surface area contributed by atoms with Crippen LogP contribution in [0.1, 0.15) is 5.56 Å². The Hall–Kier alpha value is -1.72. The second-order valence-corrected chi connectivity index (χ2v) is 4.40. The number of ether oxygens (including phenoxy) is 1. The molecule has 0 amide bonds. The maximum atomic E-state index is 12.1. The average Bonchev–Trinajstić information content (AvgIpc) is 2.37. The summed E-state index contributed by atoms with van der Waals surface area (Å²) in [5, 5.41) is 9.71. The van der Waals surface area contributed by atoms with E-state index in [9.17, 15) is 18.3 Å². The van der Waals surface area contributed by atoms with Gasteiger partial charge in [0.05, 0.1) is 6.61 Å². The van der Waals surface area contributed by atoms with Gasteiger partial charge in [0.15, 0.2) is 0 Å². The van der Waals surface area contributed by atoms with Crippen LogP contribution in [0.25, 0.3) is 11.1 Å². The van der Waals surface area contributed by atoms with Crippen molar-refractivity contribution in [3.05, 3.63) is 53.1 Å². The van der Waals surface area contributed by atoms with Gasteiger partial charge in [0.2, 0.25) is 0 Å². The van der Waals surface area contributed by atoms with Crippen molar-refractivity contribution in [2.75, 3.05) is 0 Å². The molecule has 0 saturated heterocycles. The van der Waals surface area contributed by atoms with E-state index in [0.717, 1.165) is 0 Å². The molecule has 0 spiro atoms. The van der Waals surface area contributed by atoms with Gasteiger partial charge >= 0.3 is 6.36 Å². The highest BCUT2D eigenvalue weighted by molar-refractivity contribution is 6.31. The summed E-state index contributed by atoms with van der Waals surface area (Å²) in [6.45, 7) is -0.254. The van der Waals surface area contributed by atoms with Crippen molar-refractivity contribution in [1.82, 2.24) is 0 Å². The Balaban J connectivity index is 2.33. The van der Waals surface area contributed by atoms with Crippen molar-refractivity contribution in [3.63, 3.8) is 0 Å². The van der Waals surface area contributed by atoms with Gasteiger partial charge in [-0.1, -0.05) is 35.9 Å². The lowest BCUT2D eigenvalue weighted by atomic mass is 10.00. The highest BCUT2D eigenvalue weighted by atomic mass is 35.5. The lowest BCUT2D eigenvalue weighted by Gasteiger charge is -2.11. The number of benzene rings is 2. The molecule has 0 aliphatic carbocycles. The minimum atomic E-state index is -4.71. The number of hydrogen-bond acceptors (Lipinski definition) is 2. The first kappa shape index (κ1) is 14.7. The first-order chi connectivity index (χ1) is 9.40. The van der Waals surface area contributed by atoms with Crippen molar-refractivity contribution < 1.29 is 23.0 Å². The highest BCUT2D eigenvalue weighted by Crippen LogP contribution is 2.31. The summed E-state index contributed by atoms with van der Waals surface area (Å²) in [7, 11) is 0. The molecule has 2 aromatic carbocycles. The molecule has 2 aromatic rings. The summed E-state index contributed by atoms with van der Waals surface area (Å²) in [6, 6.07) is 10.5. The fourth-order valence-electron chi connectivity index (χ4n) is 1.83. The molecule has 0 aliphatic rings. The zero-order valence-electron chi connectivity index (χ0n) is 10.1. The van der Waals surface area contributed by atoms with Crippen LogP contribution < -0.4 is 4.74 Å². The monoisotopic (exact) mass is 302 g/mol. The Morgan fingerprint density at radius 1 is 1.05 bits per heavy atom. The van der Waals surface area contributed by atoms with E-state index in [0.29, 0.717) is 21.7 Å². The van der Waals surface area contributed by atoms with E-state index >= 15 is 0 Å². The molecule has 0 atom stereocenters. The Morgan fingerprint density at radius 3 is 2.25 bits per heavy atom. The zero-order chi connectivity index (χ0) is 14.8. The quantitative estimate of drug-likeness (QED) is 0.910. The predicted octanol–water partition coefficient (Wildman–Crippen LogP) is 4.40. The van der Waals surface area contributed by atoms with Gasteiger partial charge in [0.1, 0.15) is 5.75 Å². The van der Waals surface area contributed by atoms with Gasteiger partial charge in [-0.05, 0) is 29.3 Å². The number of halogens is 4. The largest absolute Gasteiger partial charge is 0.573 e. The number of alkyl halides is 3. The maximum Gasteiger partial charge on any atom is 0.573 e. The third-order valence-corrected chi connectivity index (χ3v) is 3.03. The SMILES string of the molecule is OCc1c(Cl)cccc1-c1ccc(OC(F)(F)F)cc1. The van der Waals surface area contributed by atoms with Crippen LogP contribution in [-0.4, -0.2) is 11.5 Å². The smallest absolute Gasteiger partial charge is 0.406 e. The molecule has 1 N–H and O–H groups in total. The molecule has 2 rings (SSSR count). The maximum absolute atomic E-state index is 12.1. The average molecular weight is 303 g/mol. The molecule has 0 unspecified atom stereocenters. The lowest BCUT2D eigenvalue weighted by Crippen LogP contribution is -2.16. The van der Waals surface area contributed by atoms with Crippen LogP contribution in [0.2, 0.25) is 5.02 Å². The molecule has 0 aliphatic heterocycles. The van der Waals surface area contributed by atoms with Crippen LogP contribution in [0.5, 0.6) is 5.75 Å². The van der Waals surface area contributed by atoms with E-state index in [2.05, 4.69) is 4.74 Å². The lowest BCUT2D eigenvalue weighted by molar-refractivity contribution is -0.274. The highest BCUT2D eigenvalue weighted by Gasteiger charge is 2.30. The normalized spacial score (nSPS) is 11.4. The molecule has 6 heteroatoms. The third-order valence-electron chi connectivity index (χ3n) is 2.68. The van der Waals surface area contributed by atoms with E-state index < -0.39 is 6.36 Å². The fraction of sp³-hybridized carbons (Fsp3) is 0.143. The molecule has 0 radical (unpaired) electrons. The summed E-state index contributed by atoms with van der Waals surface area (Å²) >= 11 is 5.96. The van der Waals surface area contributed by atoms with Gasteiger partial charge in [-0.25, -0.2) is 0 Å².